The third-order valence-corrected chi connectivity index (χ3v) is 3.48. The quantitative estimate of drug-likeness (QED) is 0.888. The normalized spacial score (nSPS) is 15.5. The second-order valence-electron chi connectivity index (χ2n) is 6.90. The summed E-state index contributed by atoms with van der Waals surface area (Å²) in [7, 11) is 0. The molecule has 108 valence electrons. The SMILES string of the molecule is CC(C)C(C)(Cc1nc(CC(C)(C)C)no1)C(=O)O. The van der Waals surface area contributed by atoms with Crippen molar-refractivity contribution in [2.24, 2.45) is 16.7 Å². The molecule has 0 aliphatic carbocycles. The largest absolute Gasteiger partial charge is 0.481 e. The van der Waals surface area contributed by atoms with Crippen LogP contribution >= 0.6 is 0 Å². The molecule has 0 radical (unpaired) electrons. The van der Waals surface area contributed by atoms with Gasteiger partial charge in [-0.2, -0.15) is 4.98 Å². The average molecular weight is 268 g/mol. The molecule has 1 rings (SSSR count). The lowest BCUT2D eigenvalue weighted by molar-refractivity contribution is -0.150. The number of carbonyl (C=O) groups is 1. The molecule has 1 aromatic heterocycles. The number of carboxylic acid groups (broad SMARTS) is 1. The lowest BCUT2D eigenvalue weighted by atomic mass is 9.76. The average Bonchev–Trinajstić information content (AvgIpc) is 2.61. The zero-order valence-corrected chi connectivity index (χ0v) is 12.6. The molecule has 1 aromatic rings. The van der Waals surface area contributed by atoms with E-state index in [1.165, 1.54) is 0 Å². The van der Waals surface area contributed by atoms with Crippen LogP contribution in [0.2, 0.25) is 0 Å². The van der Waals surface area contributed by atoms with Crippen molar-refractivity contribution in [1.29, 1.82) is 0 Å². The fourth-order valence-corrected chi connectivity index (χ4v) is 1.75. The van der Waals surface area contributed by atoms with Crippen molar-refractivity contribution in [3.05, 3.63) is 11.7 Å². The summed E-state index contributed by atoms with van der Waals surface area (Å²) in [4.78, 5) is 15.7. The van der Waals surface area contributed by atoms with Crippen molar-refractivity contribution in [3.8, 4) is 0 Å². The van der Waals surface area contributed by atoms with Crippen molar-refractivity contribution in [3.63, 3.8) is 0 Å². The maximum atomic E-state index is 11.4. The fraction of sp³-hybridized carbons (Fsp3) is 0.786. The molecule has 1 N–H and O–H groups in total. The van der Waals surface area contributed by atoms with Gasteiger partial charge in [-0.15, -0.1) is 0 Å². The van der Waals surface area contributed by atoms with Crippen molar-refractivity contribution in [2.75, 3.05) is 0 Å². The molecule has 1 heterocycles. The molecule has 0 saturated carbocycles. The molecule has 0 amide bonds. The highest BCUT2D eigenvalue weighted by Crippen LogP contribution is 2.31. The highest BCUT2D eigenvalue weighted by atomic mass is 16.5. The highest BCUT2D eigenvalue weighted by Gasteiger charge is 2.38. The van der Waals surface area contributed by atoms with Crippen LogP contribution in [0.1, 0.15) is 53.3 Å². The minimum atomic E-state index is -0.883. The van der Waals surface area contributed by atoms with E-state index in [0.717, 1.165) is 0 Å². The minimum Gasteiger partial charge on any atom is -0.481 e. The molecule has 0 aromatic carbocycles. The van der Waals surface area contributed by atoms with Crippen molar-refractivity contribution in [2.45, 2.75) is 54.4 Å². The Kier molecular flexibility index (Phi) is 4.38. The number of carboxylic acids is 1. The lowest BCUT2D eigenvalue weighted by Crippen LogP contribution is -2.35. The van der Waals surface area contributed by atoms with Crippen LogP contribution in [-0.4, -0.2) is 21.2 Å². The number of nitrogens with zero attached hydrogens (tertiary/aromatic N) is 2. The summed E-state index contributed by atoms with van der Waals surface area (Å²) in [5.41, 5.74) is -0.805. The Bertz CT molecular complexity index is 446. The van der Waals surface area contributed by atoms with Gasteiger partial charge in [0.2, 0.25) is 5.89 Å². The number of hydrogen-bond acceptors (Lipinski definition) is 4. The predicted molar refractivity (Wildman–Crippen MR) is 71.7 cm³/mol. The molecule has 0 saturated heterocycles. The second-order valence-corrected chi connectivity index (χ2v) is 6.90. The van der Waals surface area contributed by atoms with Gasteiger partial charge in [-0.3, -0.25) is 4.79 Å². The molecular weight excluding hydrogens is 244 g/mol. The summed E-state index contributed by atoms with van der Waals surface area (Å²) < 4.78 is 5.18. The Morgan fingerprint density at radius 1 is 1.26 bits per heavy atom. The first-order valence-corrected chi connectivity index (χ1v) is 6.59. The van der Waals surface area contributed by atoms with E-state index < -0.39 is 11.4 Å². The molecule has 5 heteroatoms. The summed E-state index contributed by atoms with van der Waals surface area (Å²) >= 11 is 0. The zero-order valence-electron chi connectivity index (χ0n) is 12.6. The molecule has 0 bridgehead atoms. The molecule has 0 spiro atoms. The Morgan fingerprint density at radius 2 is 1.84 bits per heavy atom. The van der Waals surface area contributed by atoms with Gasteiger partial charge in [0.15, 0.2) is 5.82 Å². The third kappa shape index (κ3) is 4.04. The summed E-state index contributed by atoms with van der Waals surface area (Å²) in [6.45, 7) is 11.8. The van der Waals surface area contributed by atoms with Gasteiger partial charge in [0.25, 0.3) is 0 Å². The monoisotopic (exact) mass is 268 g/mol. The summed E-state index contributed by atoms with van der Waals surface area (Å²) in [6.07, 6.45) is 0.971. The van der Waals surface area contributed by atoms with E-state index in [2.05, 4.69) is 30.9 Å². The molecule has 19 heavy (non-hydrogen) atoms. The Morgan fingerprint density at radius 3 is 2.26 bits per heavy atom. The van der Waals surface area contributed by atoms with E-state index in [1.54, 1.807) is 6.92 Å². The van der Waals surface area contributed by atoms with E-state index >= 15 is 0 Å². The highest BCUT2D eigenvalue weighted by molar-refractivity contribution is 5.74. The molecule has 1 atom stereocenters. The zero-order chi connectivity index (χ0) is 14.8. The fourth-order valence-electron chi connectivity index (χ4n) is 1.75. The van der Waals surface area contributed by atoms with Crippen LogP contribution in [0, 0.1) is 16.7 Å². The number of aliphatic carboxylic acids is 1. The molecule has 5 nitrogen and oxygen atoms in total. The predicted octanol–water partition coefficient (Wildman–Crippen LogP) is 2.95. The maximum absolute atomic E-state index is 11.4. The van der Waals surface area contributed by atoms with E-state index in [1.807, 2.05) is 13.8 Å². The van der Waals surface area contributed by atoms with Crippen LogP contribution in [0.3, 0.4) is 0 Å². The van der Waals surface area contributed by atoms with Crippen molar-refractivity contribution < 1.29 is 14.4 Å². The number of hydrogen-bond donors (Lipinski definition) is 1. The summed E-state index contributed by atoms with van der Waals surface area (Å²) in [5, 5.41) is 13.3. The van der Waals surface area contributed by atoms with Crippen LogP contribution in [-0.2, 0) is 17.6 Å². The van der Waals surface area contributed by atoms with Crippen LogP contribution in [0.5, 0.6) is 0 Å². The van der Waals surface area contributed by atoms with Gasteiger partial charge in [-0.05, 0) is 18.3 Å². The smallest absolute Gasteiger partial charge is 0.310 e. The Labute approximate surface area is 114 Å². The Hall–Kier alpha value is -1.39. The van der Waals surface area contributed by atoms with Crippen LogP contribution in [0.25, 0.3) is 0 Å². The topological polar surface area (TPSA) is 76.2 Å². The van der Waals surface area contributed by atoms with Gasteiger partial charge in [0.05, 0.1) is 5.41 Å². The first-order valence-electron chi connectivity index (χ1n) is 6.59. The summed E-state index contributed by atoms with van der Waals surface area (Å²) in [5.74, 6) is 0.192. The van der Waals surface area contributed by atoms with Gasteiger partial charge < -0.3 is 9.63 Å². The maximum Gasteiger partial charge on any atom is 0.310 e. The van der Waals surface area contributed by atoms with Gasteiger partial charge in [-0.1, -0.05) is 39.8 Å². The Balaban J connectivity index is 2.85. The molecule has 0 aliphatic rings. The first-order chi connectivity index (χ1) is 8.54. The molecule has 1 unspecified atom stereocenters. The van der Waals surface area contributed by atoms with E-state index in [-0.39, 0.29) is 17.8 Å². The number of rotatable bonds is 5. The van der Waals surface area contributed by atoms with Crippen LogP contribution in [0.4, 0.5) is 0 Å². The van der Waals surface area contributed by atoms with Crippen LogP contribution < -0.4 is 0 Å². The standard InChI is InChI=1S/C14H24N2O3/c1-9(2)14(6,12(17)18)8-11-15-10(16-19-11)7-13(3,4)5/h9H,7-8H2,1-6H3,(H,17,18). The third-order valence-electron chi connectivity index (χ3n) is 3.48. The van der Waals surface area contributed by atoms with Gasteiger partial charge in [-0.25, -0.2) is 0 Å². The number of aromatic nitrogens is 2. The van der Waals surface area contributed by atoms with Gasteiger partial charge in [0.1, 0.15) is 0 Å². The molecular formula is C14H24N2O3. The molecule has 0 aliphatic heterocycles. The van der Waals surface area contributed by atoms with Crippen molar-refractivity contribution >= 4 is 5.97 Å². The van der Waals surface area contributed by atoms with E-state index in [4.69, 9.17) is 4.52 Å². The second kappa shape index (κ2) is 5.31. The van der Waals surface area contributed by atoms with E-state index in [0.29, 0.717) is 18.1 Å². The van der Waals surface area contributed by atoms with Gasteiger partial charge >= 0.3 is 5.97 Å². The first kappa shape index (κ1) is 15.7. The lowest BCUT2D eigenvalue weighted by Gasteiger charge is -2.27. The van der Waals surface area contributed by atoms with Gasteiger partial charge in [0, 0.05) is 12.8 Å². The summed E-state index contributed by atoms with van der Waals surface area (Å²) in [6, 6.07) is 0. The van der Waals surface area contributed by atoms with E-state index in [9.17, 15) is 9.90 Å². The van der Waals surface area contributed by atoms with Crippen molar-refractivity contribution in [1.82, 2.24) is 10.1 Å². The molecule has 0 fully saturated rings. The minimum absolute atomic E-state index is 0.0111. The van der Waals surface area contributed by atoms with Crippen LogP contribution in [0.15, 0.2) is 4.52 Å².